The van der Waals surface area contributed by atoms with Crippen molar-refractivity contribution in [2.45, 2.75) is 20.3 Å². The van der Waals surface area contributed by atoms with Crippen molar-refractivity contribution in [1.29, 1.82) is 0 Å². The number of pyridine rings is 1. The number of aromatic carboxylic acids is 1. The number of hydrogen-bond acceptors (Lipinski definition) is 5. The number of rotatable bonds is 5. The molecular weight excluding hydrogens is 344 g/mol. The maximum atomic E-state index is 12.0. The molecule has 1 aliphatic rings. The molecule has 2 heterocycles. The lowest BCUT2D eigenvalue weighted by Gasteiger charge is -2.33. The molecule has 0 saturated carbocycles. The standard InChI is InChI=1S/C20H26N4O3/c1-13(2)10-19(25)21-14-4-5-17-15(11-14)16(20(26)27)12-18(22-17)24-8-6-23(3)7-9-24/h4-5,11-13H,6-10H2,1-3H3,(H,21,25)(H,26,27). The summed E-state index contributed by atoms with van der Waals surface area (Å²) in [6, 6.07) is 6.87. The maximum absolute atomic E-state index is 12.0. The molecule has 7 heteroatoms. The molecule has 144 valence electrons. The highest BCUT2D eigenvalue weighted by molar-refractivity contribution is 6.05. The minimum absolute atomic E-state index is 0.0803. The van der Waals surface area contributed by atoms with Gasteiger partial charge in [-0.05, 0) is 37.2 Å². The number of benzene rings is 1. The third kappa shape index (κ3) is 4.54. The smallest absolute Gasteiger partial charge is 0.336 e. The zero-order valence-corrected chi connectivity index (χ0v) is 16.0. The third-order valence-corrected chi connectivity index (χ3v) is 4.73. The highest BCUT2D eigenvalue weighted by Crippen LogP contribution is 2.27. The number of carboxylic acid groups (broad SMARTS) is 1. The van der Waals surface area contributed by atoms with E-state index < -0.39 is 5.97 Å². The van der Waals surface area contributed by atoms with Crippen LogP contribution in [0, 0.1) is 5.92 Å². The fourth-order valence-corrected chi connectivity index (χ4v) is 3.25. The van der Waals surface area contributed by atoms with E-state index in [1.54, 1.807) is 24.3 Å². The van der Waals surface area contributed by atoms with E-state index in [9.17, 15) is 14.7 Å². The summed E-state index contributed by atoms with van der Waals surface area (Å²) >= 11 is 0. The number of nitrogens with zero attached hydrogens (tertiary/aromatic N) is 3. The lowest BCUT2D eigenvalue weighted by molar-refractivity contribution is -0.116. The van der Waals surface area contributed by atoms with Gasteiger partial charge in [-0.25, -0.2) is 9.78 Å². The summed E-state index contributed by atoms with van der Waals surface area (Å²) in [5, 5.41) is 13.1. The van der Waals surface area contributed by atoms with Crippen molar-refractivity contribution in [3.8, 4) is 0 Å². The van der Waals surface area contributed by atoms with Crippen LogP contribution in [0.2, 0.25) is 0 Å². The van der Waals surface area contributed by atoms with E-state index in [2.05, 4.69) is 27.1 Å². The van der Waals surface area contributed by atoms with Gasteiger partial charge in [-0.1, -0.05) is 13.8 Å². The highest BCUT2D eigenvalue weighted by Gasteiger charge is 2.19. The van der Waals surface area contributed by atoms with Crippen LogP contribution < -0.4 is 10.2 Å². The number of amides is 1. The van der Waals surface area contributed by atoms with Gasteiger partial charge in [0.1, 0.15) is 5.82 Å². The van der Waals surface area contributed by atoms with E-state index in [1.165, 1.54) is 0 Å². The average Bonchev–Trinajstić information content (AvgIpc) is 2.60. The second kappa shape index (κ2) is 7.92. The van der Waals surface area contributed by atoms with Gasteiger partial charge in [0, 0.05) is 43.7 Å². The van der Waals surface area contributed by atoms with Gasteiger partial charge in [0.25, 0.3) is 0 Å². The lowest BCUT2D eigenvalue weighted by Crippen LogP contribution is -2.44. The van der Waals surface area contributed by atoms with Gasteiger partial charge in [0.2, 0.25) is 5.91 Å². The Labute approximate surface area is 159 Å². The molecule has 2 N–H and O–H groups in total. The molecule has 2 aromatic rings. The molecule has 0 spiro atoms. The summed E-state index contributed by atoms with van der Waals surface area (Å²) in [6.45, 7) is 7.43. The molecule has 7 nitrogen and oxygen atoms in total. The topological polar surface area (TPSA) is 85.8 Å². The summed E-state index contributed by atoms with van der Waals surface area (Å²) in [7, 11) is 2.07. The van der Waals surface area contributed by atoms with Gasteiger partial charge in [-0.3, -0.25) is 4.79 Å². The van der Waals surface area contributed by atoms with Crippen LogP contribution in [0.4, 0.5) is 11.5 Å². The number of fused-ring (bicyclic) bond motifs is 1. The first-order chi connectivity index (χ1) is 12.8. The predicted octanol–water partition coefficient (Wildman–Crippen LogP) is 2.67. The number of likely N-dealkylation sites (N-methyl/N-ethyl adjacent to an activating group) is 1. The molecule has 27 heavy (non-hydrogen) atoms. The summed E-state index contributed by atoms with van der Waals surface area (Å²) < 4.78 is 0. The van der Waals surface area contributed by atoms with Crippen LogP contribution in [-0.2, 0) is 4.79 Å². The molecular formula is C20H26N4O3. The summed E-state index contributed by atoms with van der Waals surface area (Å²) in [6.07, 6.45) is 0.421. The van der Waals surface area contributed by atoms with Gasteiger partial charge in [-0.15, -0.1) is 0 Å². The molecule has 3 rings (SSSR count). The van der Waals surface area contributed by atoms with Crippen molar-refractivity contribution in [3.63, 3.8) is 0 Å². The van der Waals surface area contributed by atoms with Gasteiger partial charge in [0.05, 0.1) is 11.1 Å². The van der Waals surface area contributed by atoms with Crippen molar-refractivity contribution in [2.75, 3.05) is 43.4 Å². The molecule has 1 fully saturated rings. The minimum atomic E-state index is -0.997. The van der Waals surface area contributed by atoms with Crippen molar-refractivity contribution >= 4 is 34.3 Å². The first kappa shape index (κ1) is 19.1. The van der Waals surface area contributed by atoms with Gasteiger partial charge in [-0.2, -0.15) is 0 Å². The normalized spacial score (nSPS) is 15.3. The number of anilines is 2. The number of carboxylic acids is 1. The Hall–Kier alpha value is -2.67. The second-order valence-corrected chi connectivity index (χ2v) is 7.50. The van der Waals surface area contributed by atoms with Crippen LogP contribution in [0.1, 0.15) is 30.6 Å². The fraction of sp³-hybridized carbons (Fsp3) is 0.450. The Kier molecular flexibility index (Phi) is 5.60. The molecule has 0 radical (unpaired) electrons. The maximum Gasteiger partial charge on any atom is 0.336 e. The van der Waals surface area contributed by atoms with E-state index in [0.29, 0.717) is 28.8 Å². The van der Waals surface area contributed by atoms with Gasteiger partial charge in [0.15, 0.2) is 0 Å². The first-order valence-corrected chi connectivity index (χ1v) is 9.25. The van der Waals surface area contributed by atoms with Crippen LogP contribution in [-0.4, -0.2) is 60.1 Å². The van der Waals surface area contributed by atoms with Crippen molar-refractivity contribution in [3.05, 3.63) is 29.8 Å². The molecule has 0 bridgehead atoms. The Balaban J connectivity index is 1.94. The number of nitrogens with one attached hydrogen (secondary N) is 1. The average molecular weight is 370 g/mol. The molecule has 1 amide bonds. The molecule has 0 unspecified atom stereocenters. The van der Waals surface area contributed by atoms with Crippen LogP contribution in [0.3, 0.4) is 0 Å². The van der Waals surface area contributed by atoms with Crippen LogP contribution >= 0.6 is 0 Å². The summed E-state index contributed by atoms with van der Waals surface area (Å²) in [5.74, 6) is -0.135. The Morgan fingerprint density at radius 1 is 1.19 bits per heavy atom. The van der Waals surface area contributed by atoms with E-state index in [4.69, 9.17) is 0 Å². The van der Waals surface area contributed by atoms with Crippen LogP contribution in [0.15, 0.2) is 24.3 Å². The van der Waals surface area contributed by atoms with Crippen molar-refractivity contribution in [2.24, 2.45) is 5.92 Å². The second-order valence-electron chi connectivity index (χ2n) is 7.50. The predicted molar refractivity (Wildman–Crippen MR) is 106 cm³/mol. The van der Waals surface area contributed by atoms with E-state index in [0.717, 1.165) is 26.2 Å². The zero-order valence-electron chi connectivity index (χ0n) is 16.0. The molecule has 1 aromatic carbocycles. The van der Waals surface area contributed by atoms with E-state index in [1.807, 2.05) is 13.8 Å². The van der Waals surface area contributed by atoms with Gasteiger partial charge >= 0.3 is 5.97 Å². The molecule has 1 saturated heterocycles. The van der Waals surface area contributed by atoms with Crippen molar-refractivity contribution < 1.29 is 14.7 Å². The largest absolute Gasteiger partial charge is 0.478 e. The number of carbonyl (C=O) groups is 2. The molecule has 0 atom stereocenters. The fourth-order valence-electron chi connectivity index (χ4n) is 3.25. The number of piperazine rings is 1. The van der Waals surface area contributed by atoms with E-state index >= 15 is 0 Å². The van der Waals surface area contributed by atoms with Crippen LogP contribution in [0.5, 0.6) is 0 Å². The number of aromatic nitrogens is 1. The lowest BCUT2D eigenvalue weighted by atomic mass is 10.1. The van der Waals surface area contributed by atoms with E-state index in [-0.39, 0.29) is 17.4 Å². The minimum Gasteiger partial charge on any atom is -0.478 e. The Morgan fingerprint density at radius 2 is 1.89 bits per heavy atom. The molecule has 1 aliphatic heterocycles. The number of hydrogen-bond donors (Lipinski definition) is 2. The highest BCUT2D eigenvalue weighted by atomic mass is 16.4. The monoisotopic (exact) mass is 370 g/mol. The summed E-state index contributed by atoms with van der Waals surface area (Å²) in [5.41, 5.74) is 1.41. The first-order valence-electron chi connectivity index (χ1n) is 9.25. The Morgan fingerprint density at radius 3 is 2.52 bits per heavy atom. The number of carbonyl (C=O) groups excluding carboxylic acids is 1. The van der Waals surface area contributed by atoms with Crippen LogP contribution in [0.25, 0.3) is 10.9 Å². The SMILES string of the molecule is CC(C)CC(=O)Nc1ccc2nc(N3CCN(C)CC3)cc(C(=O)O)c2c1. The quantitative estimate of drug-likeness (QED) is 0.842. The van der Waals surface area contributed by atoms with Gasteiger partial charge < -0.3 is 20.2 Å². The summed E-state index contributed by atoms with van der Waals surface area (Å²) in [4.78, 5) is 32.9. The van der Waals surface area contributed by atoms with Crippen molar-refractivity contribution in [1.82, 2.24) is 9.88 Å². The Bertz CT molecular complexity index is 858. The molecule has 0 aliphatic carbocycles. The third-order valence-electron chi connectivity index (χ3n) is 4.73. The molecule has 1 aromatic heterocycles. The zero-order chi connectivity index (χ0) is 19.6.